The SMILES string of the molecule is NC(=O)c1ccnc(N2CC3CCC2C3NC(=O)O)c1F. The van der Waals surface area contributed by atoms with E-state index in [-0.39, 0.29) is 29.4 Å². The normalized spacial score (nSPS) is 26.9. The molecule has 3 atom stereocenters. The van der Waals surface area contributed by atoms with E-state index in [1.165, 1.54) is 12.3 Å². The summed E-state index contributed by atoms with van der Waals surface area (Å²) in [6.07, 6.45) is 1.91. The lowest BCUT2D eigenvalue weighted by atomic mass is 10.1. The van der Waals surface area contributed by atoms with Crippen LogP contribution in [0.1, 0.15) is 23.2 Å². The van der Waals surface area contributed by atoms with Gasteiger partial charge >= 0.3 is 6.09 Å². The first-order valence-electron chi connectivity index (χ1n) is 6.69. The van der Waals surface area contributed by atoms with Crippen molar-refractivity contribution in [2.24, 2.45) is 11.7 Å². The van der Waals surface area contributed by atoms with Gasteiger partial charge in [-0.2, -0.15) is 0 Å². The number of nitrogens with one attached hydrogen (secondary N) is 1. The van der Waals surface area contributed by atoms with Crippen LogP contribution < -0.4 is 16.0 Å². The number of carbonyl (C=O) groups is 2. The molecule has 2 bridgehead atoms. The molecule has 7 nitrogen and oxygen atoms in total. The molecular weight excluding hydrogens is 279 g/mol. The average molecular weight is 294 g/mol. The number of aromatic nitrogens is 1. The van der Waals surface area contributed by atoms with E-state index in [9.17, 15) is 14.0 Å². The molecule has 8 heteroatoms. The predicted octanol–water partition coefficient (Wildman–Crippen LogP) is 0.554. The van der Waals surface area contributed by atoms with Gasteiger partial charge in [0, 0.05) is 12.7 Å². The highest BCUT2D eigenvalue weighted by Gasteiger charge is 2.48. The molecule has 2 aliphatic rings. The molecule has 1 aromatic heterocycles. The Bertz CT molecular complexity index is 609. The maximum absolute atomic E-state index is 14.3. The molecule has 2 fully saturated rings. The van der Waals surface area contributed by atoms with Gasteiger partial charge in [-0.05, 0) is 24.8 Å². The third-order valence-corrected chi connectivity index (χ3v) is 4.29. The molecule has 3 unspecified atom stereocenters. The Morgan fingerprint density at radius 2 is 2.24 bits per heavy atom. The molecule has 0 aromatic carbocycles. The highest BCUT2D eigenvalue weighted by atomic mass is 19.1. The topological polar surface area (TPSA) is 109 Å². The number of amides is 2. The van der Waals surface area contributed by atoms with Crippen molar-refractivity contribution in [2.75, 3.05) is 11.4 Å². The standard InChI is InChI=1S/C13H15FN4O3/c14-9-7(11(15)19)3-4-16-12(9)18-5-6-1-2-8(18)10(6)17-13(20)21/h3-4,6,8,10,17H,1-2,5H2,(H2,15,19)(H,20,21). The molecular formula is C13H15FN4O3. The van der Waals surface area contributed by atoms with Crippen LogP contribution in [0.3, 0.4) is 0 Å². The number of anilines is 1. The van der Waals surface area contributed by atoms with E-state index in [1.54, 1.807) is 4.90 Å². The van der Waals surface area contributed by atoms with E-state index in [4.69, 9.17) is 10.8 Å². The third-order valence-electron chi connectivity index (χ3n) is 4.29. The lowest BCUT2D eigenvalue weighted by molar-refractivity contribution is 0.0996. The van der Waals surface area contributed by atoms with Gasteiger partial charge in [0.25, 0.3) is 5.91 Å². The van der Waals surface area contributed by atoms with E-state index in [0.717, 1.165) is 12.8 Å². The summed E-state index contributed by atoms with van der Waals surface area (Å²) >= 11 is 0. The summed E-state index contributed by atoms with van der Waals surface area (Å²) < 4.78 is 14.3. The summed E-state index contributed by atoms with van der Waals surface area (Å²) in [5.74, 6) is -1.40. The third kappa shape index (κ3) is 2.16. The fourth-order valence-electron chi connectivity index (χ4n) is 3.42. The summed E-state index contributed by atoms with van der Waals surface area (Å²) in [5, 5.41) is 11.4. The monoisotopic (exact) mass is 294 g/mol. The van der Waals surface area contributed by atoms with Crippen LogP contribution in [0, 0.1) is 11.7 Å². The van der Waals surface area contributed by atoms with Crippen molar-refractivity contribution >= 4 is 17.8 Å². The number of primary amides is 1. The average Bonchev–Trinajstić information content (AvgIpc) is 2.95. The Kier molecular flexibility index (Phi) is 3.15. The predicted molar refractivity (Wildman–Crippen MR) is 71.5 cm³/mol. The van der Waals surface area contributed by atoms with Gasteiger partial charge in [-0.25, -0.2) is 14.2 Å². The van der Waals surface area contributed by atoms with Crippen molar-refractivity contribution in [3.63, 3.8) is 0 Å². The second-order valence-corrected chi connectivity index (χ2v) is 5.39. The second-order valence-electron chi connectivity index (χ2n) is 5.39. The number of pyridine rings is 1. The van der Waals surface area contributed by atoms with Crippen LogP contribution in [-0.4, -0.2) is 40.7 Å². The van der Waals surface area contributed by atoms with Crippen molar-refractivity contribution in [1.29, 1.82) is 0 Å². The number of rotatable bonds is 3. The molecule has 1 aliphatic heterocycles. The van der Waals surface area contributed by atoms with Gasteiger partial charge < -0.3 is 21.1 Å². The largest absolute Gasteiger partial charge is 0.465 e. The highest BCUT2D eigenvalue weighted by Crippen LogP contribution is 2.40. The number of fused-ring (bicyclic) bond motifs is 2. The molecule has 21 heavy (non-hydrogen) atoms. The van der Waals surface area contributed by atoms with Crippen LogP contribution in [0.15, 0.2) is 12.3 Å². The minimum Gasteiger partial charge on any atom is -0.465 e. The molecule has 2 heterocycles. The number of carbonyl (C=O) groups excluding carboxylic acids is 1. The zero-order valence-corrected chi connectivity index (χ0v) is 11.1. The molecule has 2 amide bonds. The van der Waals surface area contributed by atoms with E-state index in [1.807, 2.05) is 0 Å². The Morgan fingerprint density at radius 1 is 1.48 bits per heavy atom. The van der Waals surface area contributed by atoms with Gasteiger partial charge in [0.1, 0.15) is 0 Å². The quantitative estimate of drug-likeness (QED) is 0.754. The van der Waals surface area contributed by atoms with E-state index in [2.05, 4.69) is 10.3 Å². The van der Waals surface area contributed by atoms with Crippen molar-refractivity contribution < 1.29 is 19.1 Å². The molecule has 1 saturated carbocycles. The molecule has 1 saturated heterocycles. The molecule has 1 aliphatic carbocycles. The van der Waals surface area contributed by atoms with Gasteiger partial charge in [-0.1, -0.05) is 0 Å². The van der Waals surface area contributed by atoms with Gasteiger partial charge in [0.2, 0.25) is 0 Å². The molecule has 1 aromatic rings. The van der Waals surface area contributed by atoms with Crippen LogP contribution in [0.4, 0.5) is 15.0 Å². The van der Waals surface area contributed by atoms with Crippen LogP contribution in [0.25, 0.3) is 0 Å². The molecule has 0 spiro atoms. The zero-order chi connectivity index (χ0) is 15.1. The van der Waals surface area contributed by atoms with Crippen LogP contribution in [-0.2, 0) is 0 Å². The number of nitrogens with zero attached hydrogens (tertiary/aromatic N) is 2. The number of nitrogens with two attached hydrogens (primary N) is 1. The number of piperidine rings is 1. The fourth-order valence-corrected chi connectivity index (χ4v) is 3.42. The summed E-state index contributed by atoms with van der Waals surface area (Å²) in [7, 11) is 0. The Morgan fingerprint density at radius 3 is 2.90 bits per heavy atom. The molecule has 0 radical (unpaired) electrons. The van der Waals surface area contributed by atoms with Crippen molar-refractivity contribution in [1.82, 2.24) is 10.3 Å². The minimum absolute atomic E-state index is 0.0655. The Hall–Kier alpha value is -2.38. The number of hydrogen-bond acceptors (Lipinski definition) is 4. The summed E-state index contributed by atoms with van der Waals surface area (Å²) in [6, 6.07) is 0.861. The second kappa shape index (κ2) is 4.87. The summed E-state index contributed by atoms with van der Waals surface area (Å²) in [5.41, 5.74) is 4.93. The van der Waals surface area contributed by atoms with Gasteiger partial charge in [0.05, 0.1) is 17.6 Å². The van der Waals surface area contributed by atoms with Crippen LogP contribution in [0.2, 0.25) is 0 Å². The fraction of sp³-hybridized carbons (Fsp3) is 0.462. The van der Waals surface area contributed by atoms with E-state index < -0.39 is 17.8 Å². The van der Waals surface area contributed by atoms with Gasteiger partial charge in [-0.3, -0.25) is 4.79 Å². The number of halogens is 1. The summed E-state index contributed by atoms with van der Waals surface area (Å²) in [4.78, 5) is 27.8. The van der Waals surface area contributed by atoms with Crippen molar-refractivity contribution in [3.8, 4) is 0 Å². The Labute approximate surface area is 119 Å². The first-order valence-corrected chi connectivity index (χ1v) is 6.69. The number of hydrogen-bond donors (Lipinski definition) is 3. The molecule has 3 rings (SSSR count). The smallest absolute Gasteiger partial charge is 0.404 e. The van der Waals surface area contributed by atoms with Crippen LogP contribution in [0.5, 0.6) is 0 Å². The van der Waals surface area contributed by atoms with E-state index in [0.29, 0.717) is 6.54 Å². The van der Waals surface area contributed by atoms with Crippen molar-refractivity contribution in [3.05, 3.63) is 23.6 Å². The maximum Gasteiger partial charge on any atom is 0.404 e. The van der Waals surface area contributed by atoms with Gasteiger partial charge in [-0.15, -0.1) is 0 Å². The first-order chi connectivity index (χ1) is 9.99. The lowest BCUT2D eigenvalue weighted by Crippen LogP contribution is -2.43. The van der Waals surface area contributed by atoms with Gasteiger partial charge in [0.15, 0.2) is 11.6 Å². The maximum atomic E-state index is 14.3. The first kappa shape index (κ1) is 13.6. The minimum atomic E-state index is -1.09. The van der Waals surface area contributed by atoms with Crippen molar-refractivity contribution in [2.45, 2.75) is 24.9 Å². The van der Waals surface area contributed by atoms with Crippen LogP contribution >= 0.6 is 0 Å². The highest BCUT2D eigenvalue weighted by molar-refractivity contribution is 5.93. The molecule has 4 N–H and O–H groups in total. The lowest BCUT2D eigenvalue weighted by Gasteiger charge is -2.29. The zero-order valence-electron chi connectivity index (χ0n) is 11.1. The Balaban J connectivity index is 1.91. The summed E-state index contributed by atoms with van der Waals surface area (Å²) in [6.45, 7) is 0.516. The van der Waals surface area contributed by atoms with E-state index >= 15 is 0 Å². The number of carboxylic acid groups (broad SMARTS) is 1. The molecule has 112 valence electrons.